The summed E-state index contributed by atoms with van der Waals surface area (Å²) in [5, 5.41) is 12.6. The largest absolute Gasteiger partial charge is 0.393 e. The van der Waals surface area contributed by atoms with Gasteiger partial charge in [-0.25, -0.2) is 0 Å². The van der Waals surface area contributed by atoms with E-state index in [2.05, 4.69) is 26.1 Å². The van der Waals surface area contributed by atoms with E-state index >= 15 is 0 Å². The summed E-state index contributed by atoms with van der Waals surface area (Å²) >= 11 is 0. The first-order valence-corrected chi connectivity index (χ1v) is 7.33. The van der Waals surface area contributed by atoms with Crippen LogP contribution in [0.2, 0.25) is 0 Å². The number of rotatable bonds is 6. The first kappa shape index (κ1) is 19.1. The Morgan fingerprint density at radius 2 is 1.60 bits per heavy atom. The molecule has 118 valence electrons. The summed E-state index contributed by atoms with van der Waals surface area (Å²) in [6.07, 6.45) is 0.122. The van der Waals surface area contributed by atoms with Crippen molar-refractivity contribution in [3.8, 4) is 0 Å². The lowest BCUT2D eigenvalue weighted by atomic mass is 9.83. The second kappa shape index (κ2) is 7.21. The third kappa shape index (κ3) is 7.63. The highest BCUT2D eigenvalue weighted by Crippen LogP contribution is 2.22. The van der Waals surface area contributed by atoms with Crippen LogP contribution in [0.1, 0.15) is 61.3 Å². The van der Waals surface area contributed by atoms with Crippen molar-refractivity contribution in [1.82, 2.24) is 5.32 Å². The van der Waals surface area contributed by atoms with E-state index in [0.29, 0.717) is 6.54 Å². The normalized spacial score (nSPS) is 15.6. The summed E-state index contributed by atoms with van der Waals surface area (Å²) in [7, 11) is 0. The molecule has 0 radical (unpaired) electrons. The third-order valence-corrected chi connectivity index (χ3v) is 3.34. The van der Waals surface area contributed by atoms with Gasteiger partial charge in [-0.1, -0.05) is 41.5 Å². The summed E-state index contributed by atoms with van der Waals surface area (Å²) < 4.78 is 0. The molecule has 0 aliphatic carbocycles. The monoisotopic (exact) mass is 285 g/mol. The maximum atomic E-state index is 12.1. The van der Waals surface area contributed by atoms with Crippen LogP contribution < -0.4 is 5.32 Å². The third-order valence-electron chi connectivity index (χ3n) is 3.34. The van der Waals surface area contributed by atoms with Crippen LogP contribution in [0.3, 0.4) is 0 Å². The van der Waals surface area contributed by atoms with E-state index in [1.165, 1.54) is 0 Å². The van der Waals surface area contributed by atoms with Gasteiger partial charge < -0.3 is 10.4 Å². The van der Waals surface area contributed by atoms with Crippen LogP contribution in [-0.4, -0.2) is 29.4 Å². The van der Waals surface area contributed by atoms with Gasteiger partial charge in [-0.15, -0.1) is 0 Å². The Balaban J connectivity index is 4.53. The van der Waals surface area contributed by atoms with Gasteiger partial charge in [0.25, 0.3) is 0 Å². The second-order valence-electron chi connectivity index (χ2n) is 7.83. The lowest BCUT2D eigenvalue weighted by Gasteiger charge is -2.24. The fourth-order valence-electron chi connectivity index (χ4n) is 1.68. The Hall–Kier alpha value is -0.900. The SMILES string of the molecule is CC(O)C(CC(=O)C(C)(C)C)C(=O)NCCC(C)(C)C. The molecule has 0 saturated carbocycles. The van der Waals surface area contributed by atoms with Crippen molar-refractivity contribution >= 4 is 11.7 Å². The van der Waals surface area contributed by atoms with Gasteiger partial charge in [0.05, 0.1) is 12.0 Å². The van der Waals surface area contributed by atoms with Crippen LogP contribution >= 0.6 is 0 Å². The average Bonchev–Trinajstić information content (AvgIpc) is 2.21. The first-order valence-electron chi connectivity index (χ1n) is 7.33. The summed E-state index contributed by atoms with van der Waals surface area (Å²) in [6.45, 7) is 13.9. The number of hydrogen-bond donors (Lipinski definition) is 2. The minimum atomic E-state index is -0.823. The van der Waals surface area contributed by atoms with Crippen molar-refractivity contribution in [1.29, 1.82) is 0 Å². The van der Waals surface area contributed by atoms with Crippen molar-refractivity contribution in [2.24, 2.45) is 16.7 Å². The molecule has 4 nitrogen and oxygen atoms in total. The molecule has 0 rings (SSSR count). The molecule has 0 aliphatic rings. The topological polar surface area (TPSA) is 66.4 Å². The fraction of sp³-hybridized carbons (Fsp3) is 0.875. The van der Waals surface area contributed by atoms with Crippen LogP contribution in [0.4, 0.5) is 0 Å². The van der Waals surface area contributed by atoms with Crippen LogP contribution in [0.15, 0.2) is 0 Å². The standard InChI is InChI=1S/C16H31NO3/c1-11(18)12(10-13(19)16(5,6)7)14(20)17-9-8-15(2,3)4/h11-12,18H,8-10H2,1-7H3,(H,17,20). The van der Waals surface area contributed by atoms with Gasteiger partial charge in [-0.05, 0) is 18.8 Å². The molecule has 20 heavy (non-hydrogen) atoms. The molecule has 0 spiro atoms. The number of carbonyl (C=O) groups excluding carboxylic acids is 2. The molecule has 0 heterocycles. The summed E-state index contributed by atoms with van der Waals surface area (Å²) in [6, 6.07) is 0. The minimum absolute atomic E-state index is 0.00521. The van der Waals surface area contributed by atoms with Crippen LogP contribution in [-0.2, 0) is 9.59 Å². The lowest BCUT2D eigenvalue weighted by molar-refractivity contribution is -0.136. The number of ketones is 1. The smallest absolute Gasteiger partial charge is 0.226 e. The van der Waals surface area contributed by atoms with Crippen LogP contribution in [0.25, 0.3) is 0 Å². The van der Waals surface area contributed by atoms with Gasteiger partial charge in [0.15, 0.2) is 0 Å². The minimum Gasteiger partial charge on any atom is -0.393 e. The van der Waals surface area contributed by atoms with E-state index in [9.17, 15) is 14.7 Å². The van der Waals surface area contributed by atoms with E-state index in [1.54, 1.807) is 6.92 Å². The molecular formula is C16H31NO3. The number of nitrogens with one attached hydrogen (secondary N) is 1. The molecule has 2 atom stereocenters. The van der Waals surface area contributed by atoms with E-state index < -0.39 is 17.4 Å². The van der Waals surface area contributed by atoms with Crippen molar-refractivity contribution in [3.63, 3.8) is 0 Å². The second-order valence-corrected chi connectivity index (χ2v) is 7.83. The van der Waals surface area contributed by atoms with Crippen LogP contribution in [0.5, 0.6) is 0 Å². The Morgan fingerprint density at radius 1 is 1.10 bits per heavy atom. The maximum absolute atomic E-state index is 12.1. The molecular weight excluding hydrogens is 254 g/mol. The molecule has 2 unspecified atom stereocenters. The van der Waals surface area contributed by atoms with E-state index in [1.807, 2.05) is 20.8 Å². The van der Waals surface area contributed by atoms with Gasteiger partial charge in [-0.2, -0.15) is 0 Å². The van der Waals surface area contributed by atoms with Gasteiger partial charge in [0.2, 0.25) is 5.91 Å². The highest BCUT2D eigenvalue weighted by molar-refractivity contribution is 5.89. The highest BCUT2D eigenvalue weighted by atomic mass is 16.3. The molecule has 1 amide bonds. The summed E-state index contributed by atoms with van der Waals surface area (Å²) in [5.74, 6) is -0.905. The van der Waals surface area contributed by atoms with Gasteiger partial charge >= 0.3 is 0 Å². The molecule has 0 aliphatic heterocycles. The van der Waals surface area contributed by atoms with Gasteiger partial charge in [-0.3, -0.25) is 9.59 Å². The number of hydrogen-bond acceptors (Lipinski definition) is 3. The molecule has 0 aromatic rings. The zero-order valence-electron chi connectivity index (χ0n) is 14.0. The van der Waals surface area contributed by atoms with E-state index in [-0.39, 0.29) is 23.5 Å². The molecule has 0 saturated heterocycles. The van der Waals surface area contributed by atoms with E-state index in [0.717, 1.165) is 6.42 Å². The van der Waals surface area contributed by atoms with Crippen molar-refractivity contribution < 1.29 is 14.7 Å². The highest BCUT2D eigenvalue weighted by Gasteiger charge is 2.31. The van der Waals surface area contributed by atoms with Gasteiger partial charge in [0, 0.05) is 18.4 Å². The van der Waals surface area contributed by atoms with E-state index in [4.69, 9.17) is 0 Å². The summed E-state index contributed by atoms with van der Waals surface area (Å²) in [4.78, 5) is 24.1. The molecule has 0 aromatic heterocycles. The number of aliphatic hydroxyl groups is 1. The van der Waals surface area contributed by atoms with Crippen molar-refractivity contribution in [2.45, 2.75) is 67.4 Å². The molecule has 4 heteroatoms. The predicted molar refractivity (Wildman–Crippen MR) is 81.3 cm³/mol. The Morgan fingerprint density at radius 3 is 1.95 bits per heavy atom. The molecule has 0 fully saturated rings. The predicted octanol–water partition coefficient (Wildman–Crippen LogP) is 2.54. The Bertz CT molecular complexity index is 335. The quantitative estimate of drug-likeness (QED) is 0.788. The molecule has 0 aromatic carbocycles. The summed E-state index contributed by atoms with van der Waals surface area (Å²) in [5.41, 5.74) is -0.340. The Kier molecular flexibility index (Phi) is 6.88. The number of amides is 1. The zero-order chi connectivity index (χ0) is 16.1. The Labute approximate surface area is 123 Å². The van der Waals surface area contributed by atoms with Crippen molar-refractivity contribution in [2.75, 3.05) is 6.54 Å². The molecule has 2 N–H and O–H groups in total. The first-order chi connectivity index (χ1) is 8.84. The zero-order valence-corrected chi connectivity index (χ0v) is 14.0. The fourth-order valence-corrected chi connectivity index (χ4v) is 1.68. The average molecular weight is 285 g/mol. The van der Waals surface area contributed by atoms with Crippen molar-refractivity contribution in [3.05, 3.63) is 0 Å². The lowest BCUT2D eigenvalue weighted by Crippen LogP contribution is -2.40. The molecule has 0 bridgehead atoms. The number of Topliss-reactive ketones (excluding diaryl/α,β-unsaturated/α-hetero) is 1. The number of aliphatic hydroxyl groups excluding tert-OH is 1. The maximum Gasteiger partial charge on any atom is 0.226 e. The van der Waals surface area contributed by atoms with Gasteiger partial charge in [0.1, 0.15) is 5.78 Å². The number of carbonyl (C=O) groups is 2. The van der Waals surface area contributed by atoms with Crippen LogP contribution in [0, 0.1) is 16.7 Å².